The summed E-state index contributed by atoms with van der Waals surface area (Å²) in [4.78, 5) is 15.5. The van der Waals surface area contributed by atoms with Crippen molar-refractivity contribution in [2.45, 2.75) is 13.3 Å². The van der Waals surface area contributed by atoms with Crippen molar-refractivity contribution in [3.05, 3.63) is 24.0 Å². The van der Waals surface area contributed by atoms with Gasteiger partial charge in [-0.3, -0.25) is 9.78 Å². The Labute approximate surface area is 89.2 Å². The van der Waals surface area contributed by atoms with Crippen LogP contribution in [0.25, 0.3) is 0 Å². The second-order valence-electron chi connectivity index (χ2n) is 3.01. The van der Waals surface area contributed by atoms with Crippen molar-refractivity contribution in [1.82, 2.24) is 4.98 Å². The molecule has 1 aromatic heterocycles. The average Bonchev–Trinajstić information content (AvgIpc) is 2.27. The van der Waals surface area contributed by atoms with Gasteiger partial charge in [-0.15, -0.1) is 0 Å². The third-order valence-electron chi connectivity index (χ3n) is 1.88. The van der Waals surface area contributed by atoms with Crippen molar-refractivity contribution in [3.63, 3.8) is 0 Å². The molecule has 0 bridgehead atoms. The van der Waals surface area contributed by atoms with Gasteiger partial charge in [0.1, 0.15) is 5.75 Å². The van der Waals surface area contributed by atoms with Crippen molar-refractivity contribution in [2.75, 3.05) is 20.3 Å². The highest BCUT2D eigenvalue weighted by molar-refractivity contribution is 5.96. The lowest BCUT2D eigenvalue weighted by atomic mass is 10.1. The van der Waals surface area contributed by atoms with Crippen LogP contribution >= 0.6 is 0 Å². The minimum absolute atomic E-state index is 0.0194. The van der Waals surface area contributed by atoms with E-state index in [2.05, 4.69) is 4.98 Å². The van der Waals surface area contributed by atoms with Crippen LogP contribution in [0.3, 0.4) is 0 Å². The summed E-state index contributed by atoms with van der Waals surface area (Å²) in [6.07, 6.45) is 3.50. The Kier molecular flexibility index (Phi) is 4.77. The van der Waals surface area contributed by atoms with Gasteiger partial charge < -0.3 is 9.47 Å². The Morgan fingerprint density at radius 1 is 1.47 bits per heavy atom. The maximum atomic E-state index is 11.6. The van der Waals surface area contributed by atoms with Crippen molar-refractivity contribution in [3.8, 4) is 5.75 Å². The van der Waals surface area contributed by atoms with Gasteiger partial charge >= 0.3 is 0 Å². The third kappa shape index (κ3) is 3.67. The summed E-state index contributed by atoms with van der Waals surface area (Å²) >= 11 is 0. The lowest BCUT2D eigenvalue weighted by Crippen LogP contribution is -2.04. The van der Waals surface area contributed by atoms with Crippen molar-refractivity contribution in [2.24, 2.45) is 0 Å². The van der Waals surface area contributed by atoms with Crippen LogP contribution < -0.4 is 4.74 Å². The number of pyridine rings is 1. The van der Waals surface area contributed by atoms with Gasteiger partial charge in [0.25, 0.3) is 0 Å². The minimum Gasteiger partial charge on any atom is -0.492 e. The Bertz CT molecular complexity index is 325. The number of carbonyl (C=O) groups is 1. The van der Waals surface area contributed by atoms with E-state index >= 15 is 0 Å². The Hall–Kier alpha value is -1.42. The SMILES string of the molecule is CCOc1cncc(C(=O)CCOC)c1. The Balaban J connectivity index is 2.67. The van der Waals surface area contributed by atoms with E-state index in [9.17, 15) is 4.79 Å². The summed E-state index contributed by atoms with van der Waals surface area (Å²) in [6.45, 7) is 2.88. The van der Waals surface area contributed by atoms with Crippen molar-refractivity contribution in [1.29, 1.82) is 0 Å². The maximum Gasteiger partial charge on any atom is 0.166 e. The van der Waals surface area contributed by atoms with Crippen LogP contribution in [0.15, 0.2) is 18.5 Å². The minimum atomic E-state index is 0.0194. The second kappa shape index (κ2) is 6.14. The van der Waals surface area contributed by atoms with E-state index in [1.165, 1.54) is 0 Å². The fraction of sp³-hybridized carbons (Fsp3) is 0.455. The first-order valence-corrected chi connectivity index (χ1v) is 4.88. The van der Waals surface area contributed by atoms with E-state index < -0.39 is 0 Å². The van der Waals surface area contributed by atoms with E-state index in [-0.39, 0.29) is 5.78 Å². The van der Waals surface area contributed by atoms with Crippen LogP contribution in [0.1, 0.15) is 23.7 Å². The zero-order chi connectivity index (χ0) is 11.1. The molecule has 0 spiro atoms. The number of methoxy groups -OCH3 is 1. The zero-order valence-electron chi connectivity index (χ0n) is 9.03. The molecular formula is C11H15NO3. The molecule has 4 nitrogen and oxygen atoms in total. The molecule has 0 unspecified atom stereocenters. The quantitative estimate of drug-likeness (QED) is 0.669. The van der Waals surface area contributed by atoms with E-state index in [1.54, 1.807) is 25.6 Å². The predicted octanol–water partition coefficient (Wildman–Crippen LogP) is 1.70. The second-order valence-corrected chi connectivity index (χ2v) is 3.01. The monoisotopic (exact) mass is 209 g/mol. The number of carbonyl (C=O) groups excluding carboxylic acids is 1. The lowest BCUT2D eigenvalue weighted by molar-refractivity contribution is 0.0931. The van der Waals surface area contributed by atoms with Gasteiger partial charge in [-0.25, -0.2) is 0 Å². The topological polar surface area (TPSA) is 48.4 Å². The van der Waals surface area contributed by atoms with Crippen LogP contribution in [-0.2, 0) is 4.74 Å². The summed E-state index contributed by atoms with van der Waals surface area (Å²) in [6, 6.07) is 1.70. The number of rotatable bonds is 6. The number of hydrogen-bond donors (Lipinski definition) is 0. The van der Waals surface area contributed by atoms with Crippen molar-refractivity contribution < 1.29 is 14.3 Å². The first-order valence-electron chi connectivity index (χ1n) is 4.88. The van der Waals surface area contributed by atoms with Crippen molar-refractivity contribution >= 4 is 5.78 Å². The highest BCUT2D eigenvalue weighted by Crippen LogP contribution is 2.12. The maximum absolute atomic E-state index is 11.6. The molecule has 1 heterocycles. The molecule has 0 aliphatic carbocycles. The smallest absolute Gasteiger partial charge is 0.166 e. The molecule has 0 N–H and O–H groups in total. The van der Waals surface area contributed by atoms with E-state index in [1.807, 2.05) is 6.92 Å². The number of hydrogen-bond acceptors (Lipinski definition) is 4. The fourth-order valence-electron chi connectivity index (χ4n) is 1.16. The summed E-state index contributed by atoms with van der Waals surface area (Å²) in [5, 5.41) is 0. The van der Waals surface area contributed by atoms with Crippen LogP contribution in [0.4, 0.5) is 0 Å². The largest absolute Gasteiger partial charge is 0.492 e. The molecule has 0 saturated heterocycles. The molecule has 82 valence electrons. The molecule has 0 radical (unpaired) electrons. The molecule has 0 aliphatic heterocycles. The summed E-state index contributed by atoms with van der Waals surface area (Å²) in [5.74, 6) is 0.645. The Morgan fingerprint density at radius 2 is 2.27 bits per heavy atom. The van der Waals surface area contributed by atoms with Gasteiger partial charge in [-0.05, 0) is 13.0 Å². The van der Waals surface area contributed by atoms with Gasteiger partial charge in [0, 0.05) is 25.3 Å². The summed E-state index contributed by atoms with van der Waals surface area (Å²) in [5.41, 5.74) is 0.568. The highest BCUT2D eigenvalue weighted by Gasteiger charge is 2.06. The van der Waals surface area contributed by atoms with Gasteiger partial charge in [0.05, 0.1) is 19.4 Å². The summed E-state index contributed by atoms with van der Waals surface area (Å²) in [7, 11) is 1.57. The van der Waals surface area contributed by atoms with Crippen LogP contribution in [0.5, 0.6) is 5.75 Å². The molecule has 0 saturated carbocycles. The lowest BCUT2D eigenvalue weighted by Gasteiger charge is -2.04. The summed E-state index contributed by atoms with van der Waals surface area (Å²) < 4.78 is 10.1. The van der Waals surface area contributed by atoms with Gasteiger partial charge in [0.2, 0.25) is 0 Å². The van der Waals surface area contributed by atoms with E-state index in [4.69, 9.17) is 9.47 Å². The first-order chi connectivity index (χ1) is 7.27. The van der Waals surface area contributed by atoms with E-state index in [0.717, 1.165) is 0 Å². The van der Waals surface area contributed by atoms with Crippen LogP contribution in [0.2, 0.25) is 0 Å². The molecule has 0 fully saturated rings. The number of aromatic nitrogens is 1. The molecule has 1 aromatic rings. The van der Waals surface area contributed by atoms with Crippen LogP contribution in [0, 0.1) is 0 Å². The molecule has 0 atom stereocenters. The molecular weight excluding hydrogens is 194 g/mol. The Morgan fingerprint density at radius 3 is 2.93 bits per heavy atom. The number of ether oxygens (including phenoxy) is 2. The number of ketones is 1. The van der Waals surface area contributed by atoms with Gasteiger partial charge in [-0.1, -0.05) is 0 Å². The number of Topliss-reactive ketones (excluding diaryl/α,β-unsaturated/α-hetero) is 1. The third-order valence-corrected chi connectivity index (χ3v) is 1.88. The average molecular weight is 209 g/mol. The number of nitrogens with zero attached hydrogens (tertiary/aromatic N) is 1. The molecule has 0 amide bonds. The molecule has 0 aromatic carbocycles. The van der Waals surface area contributed by atoms with Crippen LogP contribution in [-0.4, -0.2) is 31.1 Å². The standard InChI is InChI=1S/C11H15NO3/c1-3-15-10-6-9(7-12-8-10)11(13)4-5-14-2/h6-8H,3-5H2,1-2H3. The van der Waals surface area contributed by atoms with Gasteiger partial charge in [0.15, 0.2) is 5.78 Å². The molecule has 4 heteroatoms. The fourth-order valence-corrected chi connectivity index (χ4v) is 1.16. The van der Waals surface area contributed by atoms with E-state index in [0.29, 0.717) is 30.9 Å². The normalized spacial score (nSPS) is 10.0. The highest BCUT2D eigenvalue weighted by atomic mass is 16.5. The zero-order valence-corrected chi connectivity index (χ0v) is 9.03. The first kappa shape index (κ1) is 11.7. The predicted molar refractivity (Wildman–Crippen MR) is 56.2 cm³/mol. The van der Waals surface area contributed by atoms with Gasteiger partial charge in [-0.2, -0.15) is 0 Å². The molecule has 0 aliphatic rings. The molecule has 1 rings (SSSR count). The molecule has 15 heavy (non-hydrogen) atoms.